The van der Waals surface area contributed by atoms with Crippen molar-refractivity contribution in [3.05, 3.63) is 0 Å². The zero-order valence-electron chi connectivity index (χ0n) is 9.28. The van der Waals surface area contributed by atoms with Crippen molar-refractivity contribution in [3.63, 3.8) is 0 Å². The molecule has 0 aliphatic rings. The van der Waals surface area contributed by atoms with Crippen LogP contribution >= 0.6 is 0 Å². The molecule has 14 heavy (non-hydrogen) atoms. The molecule has 5 N–H and O–H groups in total. The molecule has 0 amide bonds. The van der Waals surface area contributed by atoms with E-state index >= 15 is 0 Å². The molecule has 0 aromatic rings. The van der Waals surface area contributed by atoms with Crippen LogP contribution in [0.1, 0.15) is 26.2 Å². The molecule has 1 atom stereocenters. The maximum Gasteiger partial charge on any atom is 0.0664 e. The lowest BCUT2D eigenvalue weighted by molar-refractivity contribution is 0.108. The van der Waals surface area contributed by atoms with Crippen LogP contribution in [-0.4, -0.2) is 48.8 Å². The number of aliphatic hydroxyl groups excluding tert-OH is 1. The fourth-order valence-electron chi connectivity index (χ4n) is 1.35. The van der Waals surface area contributed by atoms with Gasteiger partial charge in [-0.3, -0.25) is 0 Å². The molecular formula is C10H25N3O. The first-order chi connectivity index (χ1) is 6.74. The van der Waals surface area contributed by atoms with E-state index < -0.39 is 0 Å². The molecule has 0 bridgehead atoms. The van der Waals surface area contributed by atoms with E-state index in [1.54, 1.807) is 0 Å². The average Bonchev–Trinajstić information content (AvgIpc) is 2.21. The Labute approximate surface area is 87.3 Å². The lowest BCUT2D eigenvalue weighted by Gasteiger charge is -2.24. The van der Waals surface area contributed by atoms with E-state index in [1.807, 2.05) is 6.92 Å². The smallest absolute Gasteiger partial charge is 0.0664 e. The molecule has 0 saturated carbocycles. The van der Waals surface area contributed by atoms with Crippen LogP contribution in [0.5, 0.6) is 0 Å². The number of rotatable bonds is 9. The molecule has 4 nitrogen and oxygen atoms in total. The van der Waals surface area contributed by atoms with E-state index in [2.05, 4.69) is 4.90 Å². The van der Waals surface area contributed by atoms with Crippen molar-refractivity contribution in [3.8, 4) is 0 Å². The second-order valence-corrected chi connectivity index (χ2v) is 3.65. The van der Waals surface area contributed by atoms with Gasteiger partial charge in [0.05, 0.1) is 6.10 Å². The predicted molar refractivity (Wildman–Crippen MR) is 60.1 cm³/mol. The molecule has 0 aliphatic heterocycles. The molecule has 0 heterocycles. The summed E-state index contributed by atoms with van der Waals surface area (Å²) in [4.78, 5) is 2.24. The Hall–Kier alpha value is -0.160. The SMILES string of the molecule is CCC(O)CN(CCCN)CCCN. The van der Waals surface area contributed by atoms with Gasteiger partial charge in [-0.25, -0.2) is 0 Å². The van der Waals surface area contributed by atoms with E-state index in [4.69, 9.17) is 11.5 Å². The number of hydrogen-bond acceptors (Lipinski definition) is 4. The van der Waals surface area contributed by atoms with Gasteiger partial charge in [0.1, 0.15) is 0 Å². The summed E-state index contributed by atoms with van der Waals surface area (Å²) in [5.41, 5.74) is 10.9. The van der Waals surface area contributed by atoms with Crippen LogP contribution in [0.4, 0.5) is 0 Å². The molecule has 86 valence electrons. The van der Waals surface area contributed by atoms with Gasteiger partial charge in [-0.15, -0.1) is 0 Å². The third kappa shape index (κ3) is 7.26. The monoisotopic (exact) mass is 203 g/mol. The highest BCUT2D eigenvalue weighted by Gasteiger charge is 2.08. The van der Waals surface area contributed by atoms with Crippen molar-refractivity contribution in [2.24, 2.45) is 11.5 Å². The Morgan fingerprint density at radius 1 is 1.14 bits per heavy atom. The molecule has 0 rings (SSSR count). The fraction of sp³-hybridized carbons (Fsp3) is 1.00. The van der Waals surface area contributed by atoms with Gasteiger partial charge in [-0.2, -0.15) is 0 Å². The summed E-state index contributed by atoms with van der Waals surface area (Å²) in [6, 6.07) is 0. The lowest BCUT2D eigenvalue weighted by Crippen LogP contribution is -2.35. The molecule has 0 aromatic carbocycles. The lowest BCUT2D eigenvalue weighted by atomic mass is 10.2. The minimum Gasteiger partial charge on any atom is -0.392 e. The van der Waals surface area contributed by atoms with Crippen molar-refractivity contribution in [1.29, 1.82) is 0 Å². The fourth-order valence-corrected chi connectivity index (χ4v) is 1.35. The van der Waals surface area contributed by atoms with E-state index in [-0.39, 0.29) is 6.10 Å². The molecule has 0 radical (unpaired) electrons. The summed E-state index contributed by atoms with van der Waals surface area (Å²) in [5.74, 6) is 0. The largest absolute Gasteiger partial charge is 0.392 e. The van der Waals surface area contributed by atoms with Crippen molar-refractivity contribution in [1.82, 2.24) is 4.90 Å². The van der Waals surface area contributed by atoms with Crippen LogP contribution < -0.4 is 11.5 Å². The summed E-state index contributed by atoms with van der Waals surface area (Å²) in [6.45, 7) is 6.09. The third-order valence-corrected chi connectivity index (χ3v) is 2.30. The van der Waals surface area contributed by atoms with E-state index in [0.29, 0.717) is 13.1 Å². The van der Waals surface area contributed by atoms with Gasteiger partial charge in [0.15, 0.2) is 0 Å². The number of nitrogens with zero attached hydrogens (tertiary/aromatic N) is 1. The second kappa shape index (κ2) is 9.40. The summed E-state index contributed by atoms with van der Waals surface area (Å²) < 4.78 is 0. The number of aliphatic hydroxyl groups is 1. The van der Waals surface area contributed by atoms with Crippen LogP contribution in [0.2, 0.25) is 0 Å². The minimum atomic E-state index is -0.217. The molecule has 0 saturated heterocycles. The normalized spacial score (nSPS) is 13.5. The molecular weight excluding hydrogens is 178 g/mol. The second-order valence-electron chi connectivity index (χ2n) is 3.65. The van der Waals surface area contributed by atoms with Crippen LogP contribution in [-0.2, 0) is 0 Å². The first-order valence-corrected chi connectivity index (χ1v) is 5.55. The summed E-state index contributed by atoms with van der Waals surface area (Å²) in [6.07, 6.45) is 2.56. The Morgan fingerprint density at radius 2 is 1.64 bits per heavy atom. The molecule has 4 heteroatoms. The summed E-state index contributed by atoms with van der Waals surface area (Å²) >= 11 is 0. The maximum atomic E-state index is 9.52. The highest BCUT2D eigenvalue weighted by Crippen LogP contribution is 1.99. The van der Waals surface area contributed by atoms with Gasteiger partial charge in [-0.05, 0) is 45.4 Å². The predicted octanol–water partition coefficient (Wildman–Crippen LogP) is -0.243. The maximum absolute atomic E-state index is 9.52. The standard InChI is InChI=1S/C10H25N3O/c1-2-10(14)9-13(7-3-5-11)8-4-6-12/h10,14H,2-9,11-12H2,1H3. The average molecular weight is 203 g/mol. The number of nitrogens with two attached hydrogens (primary N) is 2. The van der Waals surface area contributed by atoms with Crippen molar-refractivity contribution >= 4 is 0 Å². The van der Waals surface area contributed by atoms with Gasteiger partial charge in [-0.1, -0.05) is 6.92 Å². The molecule has 0 spiro atoms. The van der Waals surface area contributed by atoms with Gasteiger partial charge in [0, 0.05) is 6.54 Å². The Bertz CT molecular complexity index is 114. The van der Waals surface area contributed by atoms with Gasteiger partial charge < -0.3 is 21.5 Å². The van der Waals surface area contributed by atoms with Gasteiger partial charge in [0.25, 0.3) is 0 Å². The van der Waals surface area contributed by atoms with E-state index in [9.17, 15) is 5.11 Å². The van der Waals surface area contributed by atoms with Gasteiger partial charge >= 0.3 is 0 Å². The highest BCUT2D eigenvalue weighted by molar-refractivity contribution is 4.64. The molecule has 1 unspecified atom stereocenters. The van der Waals surface area contributed by atoms with Crippen LogP contribution in [0.15, 0.2) is 0 Å². The van der Waals surface area contributed by atoms with Crippen LogP contribution in [0, 0.1) is 0 Å². The van der Waals surface area contributed by atoms with E-state index in [1.165, 1.54) is 0 Å². The third-order valence-electron chi connectivity index (χ3n) is 2.30. The summed E-state index contributed by atoms with van der Waals surface area (Å²) in [5, 5.41) is 9.52. The molecule has 0 aromatic heterocycles. The Balaban J connectivity index is 3.71. The van der Waals surface area contributed by atoms with Crippen LogP contribution in [0.3, 0.4) is 0 Å². The highest BCUT2D eigenvalue weighted by atomic mass is 16.3. The van der Waals surface area contributed by atoms with Crippen molar-refractivity contribution in [2.45, 2.75) is 32.3 Å². The zero-order chi connectivity index (χ0) is 10.8. The zero-order valence-corrected chi connectivity index (χ0v) is 9.28. The Kier molecular flexibility index (Phi) is 9.29. The molecule has 0 fully saturated rings. The van der Waals surface area contributed by atoms with E-state index in [0.717, 1.165) is 38.9 Å². The topological polar surface area (TPSA) is 75.5 Å². The minimum absolute atomic E-state index is 0.217. The Morgan fingerprint density at radius 3 is 2.00 bits per heavy atom. The number of hydrogen-bond donors (Lipinski definition) is 3. The van der Waals surface area contributed by atoms with Crippen LogP contribution in [0.25, 0.3) is 0 Å². The summed E-state index contributed by atoms with van der Waals surface area (Å²) in [7, 11) is 0. The first kappa shape index (κ1) is 13.8. The van der Waals surface area contributed by atoms with Crippen molar-refractivity contribution in [2.75, 3.05) is 32.7 Å². The van der Waals surface area contributed by atoms with Gasteiger partial charge in [0.2, 0.25) is 0 Å². The quantitative estimate of drug-likeness (QED) is 0.483. The molecule has 0 aliphatic carbocycles. The first-order valence-electron chi connectivity index (χ1n) is 5.55. The van der Waals surface area contributed by atoms with Crippen molar-refractivity contribution < 1.29 is 5.11 Å².